The van der Waals surface area contributed by atoms with E-state index in [4.69, 9.17) is 19.7 Å². The quantitative estimate of drug-likeness (QED) is 0.349. The van der Waals surface area contributed by atoms with Gasteiger partial charge in [-0.15, -0.1) is 0 Å². The first-order valence-electron chi connectivity index (χ1n) is 11.6. The molecule has 12 heteroatoms. The van der Waals surface area contributed by atoms with Crippen molar-refractivity contribution in [3.8, 4) is 22.6 Å². The third-order valence-electron chi connectivity index (χ3n) is 6.60. The van der Waals surface area contributed by atoms with Gasteiger partial charge in [0.2, 0.25) is 0 Å². The van der Waals surface area contributed by atoms with Gasteiger partial charge in [0.1, 0.15) is 23.0 Å². The van der Waals surface area contributed by atoms with Crippen molar-refractivity contribution in [3.63, 3.8) is 0 Å². The normalized spacial score (nSPS) is 22.8. The number of halogens is 6. The summed E-state index contributed by atoms with van der Waals surface area (Å²) < 4.78 is 90.7. The van der Waals surface area contributed by atoms with Gasteiger partial charge in [0.25, 0.3) is 0 Å². The van der Waals surface area contributed by atoms with Crippen molar-refractivity contribution in [1.29, 1.82) is 0 Å². The Labute approximate surface area is 223 Å². The predicted octanol–water partition coefficient (Wildman–Crippen LogP) is 7.07. The number of ether oxygens (including phenoxy) is 2. The molecule has 2 aromatic carbocycles. The van der Waals surface area contributed by atoms with Crippen molar-refractivity contribution in [3.05, 3.63) is 96.5 Å². The number of benzene rings is 2. The molecule has 4 rings (SSSR count). The highest BCUT2D eigenvalue weighted by atomic mass is 19.4. The smallest absolute Gasteiger partial charge is 0.408 e. The lowest BCUT2D eigenvalue weighted by atomic mass is 9.80. The van der Waals surface area contributed by atoms with Crippen LogP contribution in [0.3, 0.4) is 0 Å². The first kappa shape index (κ1) is 28.5. The van der Waals surface area contributed by atoms with Crippen LogP contribution >= 0.6 is 0 Å². The zero-order valence-electron chi connectivity index (χ0n) is 20.3. The molecule has 2 aromatic rings. The third kappa shape index (κ3) is 5.33. The van der Waals surface area contributed by atoms with Crippen molar-refractivity contribution in [2.24, 2.45) is 10.8 Å². The second kappa shape index (κ2) is 10.2. The molecular weight excluding hydrogens is 546 g/mol. The second-order valence-corrected chi connectivity index (χ2v) is 9.09. The minimum Gasteiger partial charge on any atom is -0.480 e. The standard InChI is InChI=1S/C28H20F6O6/c29-27(30,31)25(23(35)36)13-9-21(10-14-25)39-19-5-1-17(2-6-19)18-3-7-20(8-4-18)40-22-11-15-26(16-12-22,24(37)38)28(32,33)34/h1-13,15H,14,16H2,(H,35,36)(H,37,38). The molecule has 2 N–H and O–H groups in total. The molecule has 0 bridgehead atoms. The summed E-state index contributed by atoms with van der Waals surface area (Å²) in [4.78, 5) is 22.5. The fourth-order valence-electron chi connectivity index (χ4n) is 4.08. The Morgan fingerprint density at radius 1 is 0.625 bits per heavy atom. The highest BCUT2D eigenvalue weighted by Crippen LogP contribution is 2.46. The van der Waals surface area contributed by atoms with Crippen LogP contribution in [0.25, 0.3) is 11.1 Å². The van der Waals surface area contributed by atoms with Gasteiger partial charge in [-0.1, -0.05) is 36.4 Å². The minimum atomic E-state index is -4.97. The molecule has 0 saturated heterocycles. The van der Waals surface area contributed by atoms with Gasteiger partial charge < -0.3 is 19.7 Å². The molecule has 40 heavy (non-hydrogen) atoms. The molecule has 2 unspecified atom stereocenters. The van der Waals surface area contributed by atoms with Crippen LogP contribution in [0.4, 0.5) is 26.3 Å². The van der Waals surface area contributed by atoms with E-state index in [-0.39, 0.29) is 11.5 Å². The molecule has 0 amide bonds. The minimum absolute atomic E-state index is 0.0669. The molecular formula is C28H20F6O6. The molecule has 6 nitrogen and oxygen atoms in total. The van der Waals surface area contributed by atoms with Crippen molar-refractivity contribution in [2.75, 3.05) is 0 Å². The fourth-order valence-corrected chi connectivity index (χ4v) is 4.08. The van der Waals surface area contributed by atoms with Gasteiger partial charge in [-0.05, 0) is 72.5 Å². The lowest BCUT2D eigenvalue weighted by Crippen LogP contribution is -2.44. The number of hydrogen-bond acceptors (Lipinski definition) is 4. The summed E-state index contributed by atoms with van der Waals surface area (Å²) in [6.45, 7) is 0. The average molecular weight is 566 g/mol. The first-order valence-corrected chi connectivity index (χ1v) is 11.6. The molecule has 0 aromatic heterocycles. The van der Waals surface area contributed by atoms with Gasteiger partial charge in [0, 0.05) is 0 Å². The van der Waals surface area contributed by atoms with E-state index in [1.165, 1.54) is 0 Å². The topological polar surface area (TPSA) is 93.1 Å². The van der Waals surface area contributed by atoms with Gasteiger partial charge in [-0.25, -0.2) is 0 Å². The first-order chi connectivity index (χ1) is 18.7. The molecule has 210 valence electrons. The van der Waals surface area contributed by atoms with E-state index < -0.39 is 48.0 Å². The summed E-state index contributed by atoms with van der Waals surface area (Å²) in [5, 5.41) is 18.2. The van der Waals surface area contributed by atoms with Crippen LogP contribution in [-0.4, -0.2) is 34.5 Å². The Hall–Kier alpha value is -4.48. The van der Waals surface area contributed by atoms with Gasteiger partial charge in [-0.2, -0.15) is 26.3 Å². The van der Waals surface area contributed by atoms with Crippen molar-refractivity contribution in [2.45, 2.75) is 25.2 Å². The second-order valence-electron chi connectivity index (χ2n) is 9.09. The summed E-state index contributed by atoms with van der Waals surface area (Å²) in [5.74, 6) is -3.25. The monoisotopic (exact) mass is 566 g/mol. The van der Waals surface area contributed by atoms with Gasteiger partial charge in [0.05, 0.1) is 0 Å². The number of allylic oxidation sites excluding steroid dienone is 4. The van der Waals surface area contributed by atoms with Crippen LogP contribution in [0, 0.1) is 10.8 Å². The largest absolute Gasteiger partial charge is 0.480 e. The molecule has 0 heterocycles. The molecule has 0 fully saturated rings. The lowest BCUT2D eigenvalue weighted by molar-refractivity contribution is -0.218. The molecule has 2 aliphatic rings. The summed E-state index contributed by atoms with van der Waals surface area (Å²) >= 11 is 0. The van der Waals surface area contributed by atoms with E-state index >= 15 is 0 Å². The van der Waals surface area contributed by atoms with Gasteiger partial charge >= 0.3 is 24.3 Å². The number of alkyl halides is 6. The summed E-state index contributed by atoms with van der Waals surface area (Å²) in [6, 6.07) is 13.0. The Balaban J connectivity index is 1.38. The molecule has 0 radical (unpaired) electrons. The average Bonchev–Trinajstić information content (AvgIpc) is 2.89. The fraction of sp³-hybridized carbons (Fsp3) is 0.214. The molecule has 0 spiro atoms. The highest BCUT2D eigenvalue weighted by molar-refractivity contribution is 5.80. The summed E-state index contributed by atoms with van der Waals surface area (Å²) in [6.07, 6.45) is -6.34. The highest BCUT2D eigenvalue weighted by Gasteiger charge is 2.60. The van der Waals surface area contributed by atoms with Gasteiger partial charge in [-0.3, -0.25) is 9.59 Å². The van der Waals surface area contributed by atoms with Crippen LogP contribution in [0.1, 0.15) is 12.8 Å². The zero-order valence-corrected chi connectivity index (χ0v) is 20.3. The third-order valence-corrected chi connectivity index (χ3v) is 6.60. The number of rotatable bonds is 7. The van der Waals surface area contributed by atoms with Crippen LogP contribution in [0.5, 0.6) is 11.5 Å². The van der Waals surface area contributed by atoms with Crippen LogP contribution in [0.15, 0.2) is 96.5 Å². The Morgan fingerprint density at radius 3 is 1.18 bits per heavy atom. The maximum Gasteiger partial charge on any atom is 0.408 e. The number of carbonyl (C=O) groups is 2. The van der Waals surface area contributed by atoms with Crippen LogP contribution in [-0.2, 0) is 9.59 Å². The number of carboxylic acids is 2. The number of hydrogen-bond donors (Lipinski definition) is 2. The maximum atomic E-state index is 13.3. The summed E-state index contributed by atoms with van der Waals surface area (Å²) in [7, 11) is 0. The molecule has 0 aliphatic heterocycles. The van der Waals surface area contributed by atoms with E-state index in [2.05, 4.69) is 0 Å². The Morgan fingerprint density at radius 2 is 0.950 bits per heavy atom. The van der Waals surface area contributed by atoms with E-state index in [9.17, 15) is 35.9 Å². The van der Waals surface area contributed by atoms with Gasteiger partial charge in [0.15, 0.2) is 10.8 Å². The van der Waals surface area contributed by atoms with E-state index in [0.29, 0.717) is 23.7 Å². The van der Waals surface area contributed by atoms with E-state index in [1.807, 2.05) is 0 Å². The van der Waals surface area contributed by atoms with Crippen LogP contribution < -0.4 is 9.47 Å². The number of aliphatic carboxylic acids is 2. The Kier molecular flexibility index (Phi) is 7.31. The van der Waals surface area contributed by atoms with Crippen molar-refractivity contribution in [1.82, 2.24) is 0 Å². The van der Waals surface area contributed by atoms with Crippen molar-refractivity contribution >= 4 is 11.9 Å². The van der Waals surface area contributed by atoms with Crippen LogP contribution in [0.2, 0.25) is 0 Å². The number of carboxylic acid groups (broad SMARTS) is 2. The zero-order chi connectivity index (χ0) is 29.3. The predicted molar refractivity (Wildman–Crippen MR) is 129 cm³/mol. The lowest BCUT2D eigenvalue weighted by Gasteiger charge is -2.29. The van der Waals surface area contributed by atoms with E-state index in [0.717, 1.165) is 35.4 Å². The molecule has 0 saturated carbocycles. The Bertz CT molecular complexity index is 1310. The SMILES string of the molecule is O=C(O)C1(C(F)(F)F)C=CC(Oc2ccc(-c3ccc(OC4=CCC(C(=O)O)(C(F)(F)F)C=C4)cc3)cc2)=CC1. The van der Waals surface area contributed by atoms with Crippen molar-refractivity contribution < 1.29 is 55.6 Å². The maximum absolute atomic E-state index is 13.3. The summed E-state index contributed by atoms with van der Waals surface area (Å²) in [5.41, 5.74) is -4.53. The van der Waals surface area contributed by atoms with E-state index in [1.54, 1.807) is 48.5 Å². The molecule has 2 aliphatic carbocycles. The molecule has 2 atom stereocenters.